The number of aromatic nitrogens is 2. The number of halogens is 1. The average molecular weight is 336 g/mol. The van der Waals surface area contributed by atoms with Crippen molar-refractivity contribution in [1.82, 2.24) is 14.7 Å². The van der Waals surface area contributed by atoms with E-state index < -0.39 is 5.97 Å². The Balaban J connectivity index is 2.45. The number of benzene rings is 1. The van der Waals surface area contributed by atoms with Crippen LogP contribution in [-0.2, 0) is 16.9 Å². The second-order valence-corrected chi connectivity index (χ2v) is 7.07. The van der Waals surface area contributed by atoms with E-state index in [1.165, 1.54) is 0 Å². The van der Waals surface area contributed by atoms with Gasteiger partial charge >= 0.3 is 5.97 Å². The molecule has 0 saturated carbocycles. The molecule has 0 saturated heterocycles. The maximum Gasteiger partial charge on any atom is 0.317 e. The van der Waals surface area contributed by atoms with E-state index in [0.717, 1.165) is 16.8 Å². The first-order chi connectivity index (χ1) is 10.7. The van der Waals surface area contributed by atoms with Gasteiger partial charge in [0.1, 0.15) is 0 Å². The Morgan fingerprint density at radius 3 is 2.57 bits per heavy atom. The summed E-state index contributed by atoms with van der Waals surface area (Å²) in [6.45, 7) is 6.68. The fourth-order valence-corrected chi connectivity index (χ4v) is 2.55. The highest BCUT2D eigenvalue weighted by molar-refractivity contribution is 6.33. The normalized spacial score (nSPS) is 11.9. The maximum atomic E-state index is 10.9. The van der Waals surface area contributed by atoms with E-state index in [1.807, 2.05) is 35.1 Å². The predicted molar refractivity (Wildman–Crippen MR) is 91.6 cm³/mol. The largest absolute Gasteiger partial charge is 0.480 e. The minimum Gasteiger partial charge on any atom is -0.480 e. The average Bonchev–Trinajstić information content (AvgIpc) is 2.82. The smallest absolute Gasteiger partial charge is 0.317 e. The Labute approximate surface area is 141 Å². The number of likely N-dealkylation sites (N-methyl/N-ethyl adjacent to an activating group) is 1. The van der Waals surface area contributed by atoms with Gasteiger partial charge in [-0.25, -0.2) is 0 Å². The van der Waals surface area contributed by atoms with Gasteiger partial charge in [0.2, 0.25) is 0 Å². The van der Waals surface area contributed by atoms with Gasteiger partial charge in [0.05, 0.1) is 22.8 Å². The van der Waals surface area contributed by atoms with Crippen LogP contribution in [0.2, 0.25) is 5.02 Å². The van der Waals surface area contributed by atoms with Gasteiger partial charge < -0.3 is 5.11 Å². The van der Waals surface area contributed by atoms with Crippen LogP contribution in [0.15, 0.2) is 30.5 Å². The number of hydrogen-bond acceptors (Lipinski definition) is 3. The van der Waals surface area contributed by atoms with Crippen LogP contribution < -0.4 is 0 Å². The van der Waals surface area contributed by atoms with Gasteiger partial charge in [-0.1, -0.05) is 29.8 Å². The first-order valence-electron chi connectivity index (χ1n) is 7.42. The number of carboxylic acid groups (broad SMARTS) is 1. The zero-order valence-corrected chi connectivity index (χ0v) is 14.6. The molecule has 0 unspecified atom stereocenters. The lowest BCUT2D eigenvalue weighted by Crippen LogP contribution is -2.25. The van der Waals surface area contributed by atoms with E-state index >= 15 is 0 Å². The fraction of sp³-hybridized carbons (Fsp3) is 0.412. The molecule has 23 heavy (non-hydrogen) atoms. The van der Waals surface area contributed by atoms with Gasteiger partial charge in [-0.3, -0.25) is 14.4 Å². The molecule has 6 heteroatoms. The van der Waals surface area contributed by atoms with Crippen LogP contribution in [0.5, 0.6) is 0 Å². The van der Waals surface area contributed by atoms with Gasteiger partial charge in [-0.2, -0.15) is 5.10 Å². The molecule has 0 aliphatic carbocycles. The molecule has 2 aromatic rings. The second kappa shape index (κ2) is 6.72. The molecule has 5 nitrogen and oxygen atoms in total. The third-order valence-corrected chi connectivity index (χ3v) is 3.78. The third-order valence-electron chi connectivity index (χ3n) is 3.45. The number of aliphatic carboxylic acids is 1. The van der Waals surface area contributed by atoms with Crippen molar-refractivity contribution in [2.75, 3.05) is 13.6 Å². The SMILES string of the molecule is CN(CC(=O)O)Cc1cn(C(C)(C)C)nc1-c1ccccc1Cl. The Bertz CT molecular complexity index is 704. The van der Waals surface area contributed by atoms with Gasteiger partial charge in [-0.15, -0.1) is 0 Å². The summed E-state index contributed by atoms with van der Waals surface area (Å²) in [6.07, 6.45) is 1.97. The molecule has 2 rings (SSSR count). The van der Waals surface area contributed by atoms with Crippen LogP contribution in [0, 0.1) is 0 Å². The van der Waals surface area contributed by atoms with Crippen molar-refractivity contribution in [3.05, 3.63) is 41.0 Å². The van der Waals surface area contributed by atoms with Crippen molar-refractivity contribution >= 4 is 17.6 Å². The van der Waals surface area contributed by atoms with E-state index in [2.05, 4.69) is 20.8 Å². The predicted octanol–water partition coefficient (Wildman–Crippen LogP) is 3.47. The first-order valence-corrected chi connectivity index (χ1v) is 7.80. The van der Waals surface area contributed by atoms with Crippen molar-refractivity contribution in [2.24, 2.45) is 0 Å². The van der Waals surface area contributed by atoms with Crippen molar-refractivity contribution in [3.8, 4) is 11.3 Å². The quantitative estimate of drug-likeness (QED) is 0.908. The molecular formula is C17H22ClN3O2. The summed E-state index contributed by atoms with van der Waals surface area (Å²) in [5.74, 6) is -0.852. The van der Waals surface area contributed by atoms with E-state index in [4.69, 9.17) is 21.8 Å². The molecule has 0 fully saturated rings. The van der Waals surface area contributed by atoms with Gasteiger partial charge in [-0.05, 0) is 33.9 Å². The molecule has 1 aromatic carbocycles. The lowest BCUT2D eigenvalue weighted by Gasteiger charge is -2.19. The zero-order chi connectivity index (χ0) is 17.2. The highest BCUT2D eigenvalue weighted by Crippen LogP contribution is 2.31. The molecule has 1 aromatic heterocycles. The molecule has 0 radical (unpaired) electrons. The van der Waals surface area contributed by atoms with Crippen LogP contribution in [0.1, 0.15) is 26.3 Å². The number of rotatable bonds is 5. The van der Waals surface area contributed by atoms with Gasteiger partial charge in [0.15, 0.2) is 0 Å². The van der Waals surface area contributed by atoms with Crippen molar-refractivity contribution in [1.29, 1.82) is 0 Å². The summed E-state index contributed by atoms with van der Waals surface area (Å²) >= 11 is 6.32. The summed E-state index contributed by atoms with van der Waals surface area (Å²) in [7, 11) is 1.78. The van der Waals surface area contributed by atoms with Crippen molar-refractivity contribution < 1.29 is 9.90 Å². The Hall–Kier alpha value is -1.85. The molecule has 1 heterocycles. The molecule has 0 spiro atoms. The molecule has 1 N–H and O–H groups in total. The van der Waals surface area contributed by atoms with Crippen molar-refractivity contribution in [2.45, 2.75) is 32.9 Å². The molecule has 0 bridgehead atoms. The lowest BCUT2D eigenvalue weighted by atomic mass is 10.1. The topological polar surface area (TPSA) is 58.4 Å². The lowest BCUT2D eigenvalue weighted by molar-refractivity contribution is -0.138. The highest BCUT2D eigenvalue weighted by Gasteiger charge is 2.21. The van der Waals surface area contributed by atoms with Crippen molar-refractivity contribution in [3.63, 3.8) is 0 Å². The van der Waals surface area contributed by atoms with Gasteiger partial charge in [0.25, 0.3) is 0 Å². The number of nitrogens with zero attached hydrogens (tertiary/aromatic N) is 3. The summed E-state index contributed by atoms with van der Waals surface area (Å²) in [5.41, 5.74) is 2.44. The van der Waals surface area contributed by atoms with E-state index in [9.17, 15) is 4.79 Å². The number of hydrogen-bond donors (Lipinski definition) is 1. The van der Waals surface area contributed by atoms with Crippen LogP contribution in [0.25, 0.3) is 11.3 Å². The minimum absolute atomic E-state index is 0.0251. The summed E-state index contributed by atoms with van der Waals surface area (Å²) < 4.78 is 1.90. The third kappa shape index (κ3) is 4.33. The molecule has 0 atom stereocenters. The zero-order valence-electron chi connectivity index (χ0n) is 13.9. The minimum atomic E-state index is -0.852. The maximum absolute atomic E-state index is 10.9. The summed E-state index contributed by atoms with van der Waals surface area (Å²) in [4.78, 5) is 12.6. The Morgan fingerprint density at radius 2 is 2.00 bits per heavy atom. The molecule has 0 aliphatic heterocycles. The standard InChI is InChI=1S/C17H22ClN3O2/c1-17(2,3)21-10-12(9-20(4)11-15(22)23)16(19-21)13-7-5-6-8-14(13)18/h5-8,10H,9,11H2,1-4H3,(H,22,23). The molecular weight excluding hydrogens is 314 g/mol. The Morgan fingerprint density at radius 1 is 1.35 bits per heavy atom. The summed E-state index contributed by atoms with van der Waals surface area (Å²) in [5, 5.41) is 14.3. The van der Waals surface area contributed by atoms with E-state index in [0.29, 0.717) is 11.6 Å². The Kier molecular flexibility index (Phi) is 5.12. The van der Waals surface area contributed by atoms with Crippen LogP contribution in [-0.4, -0.2) is 39.3 Å². The monoisotopic (exact) mass is 335 g/mol. The summed E-state index contributed by atoms with van der Waals surface area (Å²) in [6, 6.07) is 7.56. The first kappa shape index (κ1) is 17.5. The van der Waals surface area contributed by atoms with E-state index in [1.54, 1.807) is 11.9 Å². The molecule has 124 valence electrons. The highest BCUT2D eigenvalue weighted by atomic mass is 35.5. The molecule has 0 aliphatic rings. The van der Waals surface area contributed by atoms with Crippen LogP contribution in [0.3, 0.4) is 0 Å². The van der Waals surface area contributed by atoms with Crippen LogP contribution in [0.4, 0.5) is 0 Å². The van der Waals surface area contributed by atoms with E-state index in [-0.39, 0.29) is 12.1 Å². The fourth-order valence-electron chi connectivity index (χ4n) is 2.33. The number of carbonyl (C=O) groups is 1. The van der Waals surface area contributed by atoms with Gasteiger partial charge in [0, 0.05) is 23.9 Å². The second-order valence-electron chi connectivity index (χ2n) is 6.66. The van der Waals surface area contributed by atoms with Crippen LogP contribution >= 0.6 is 11.6 Å². The number of carboxylic acids is 1. The molecule has 0 amide bonds.